The van der Waals surface area contributed by atoms with Crippen LogP contribution in [0.15, 0.2) is 12.7 Å². The number of hydrogen-bond donors (Lipinski definition) is 3. The van der Waals surface area contributed by atoms with Crippen LogP contribution in [0.5, 0.6) is 0 Å². The van der Waals surface area contributed by atoms with Gasteiger partial charge in [0.1, 0.15) is 12.5 Å². The molecule has 1 spiro atoms. The van der Waals surface area contributed by atoms with E-state index in [9.17, 15) is 4.79 Å². The number of carbonyl (C=O) groups is 1. The smallest absolute Gasteiger partial charge is 0.230 e. The first-order valence-electron chi connectivity index (χ1n) is 10.5. The van der Waals surface area contributed by atoms with Gasteiger partial charge in [-0.15, -0.1) is 5.10 Å². The molecule has 11 heteroatoms. The maximum absolute atomic E-state index is 13.3. The number of aromatic nitrogens is 6. The van der Waals surface area contributed by atoms with Crippen LogP contribution >= 0.6 is 0 Å². The van der Waals surface area contributed by atoms with Gasteiger partial charge in [0, 0.05) is 38.3 Å². The van der Waals surface area contributed by atoms with E-state index in [-0.39, 0.29) is 23.5 Å². The van der Waals surface area contributed by atoms with E-state index < -0.39 is 0 Å². The summed E-state index contributed by atoms with van der Waals surface area (Å²) >= 11 is 0. The van der Waals surface area contributed by atoms with Gasteiger partial charge >= 0.3 is 0 Å². The summed E-state index contributed by atoms with van der Waals surface area (Å²) in [6.45, 7) is 6.39. The fourth-order valence-electron chi connectivity index (χ4n) is 5.26. The van der Waals surface area contributed by atoms with E-state index in [0.717, 1.165) is 51.9 Å². The van der Waals surface area contributed by atoms with E-state index in [0.29, 0.717) is 6.54 Å². The standard InChI is InChI=1S/C18H28N10O/c1-2-6-27-7-3-14-15(20-11-19-14)18(27)4-8-26(9-5-18)17(29)13-10-21-23-16(13)28-12-22-24-25-28/h11-13,16,21,23H,2-10H2,1H3,(H,19,20). The molecular weight excluding hydrogens is 372 g/mol. The van der Waals surface area contributed by atoms with Gasteiger partial charge in [-0.3, -0.25) is 15.1 Å². The third-order valence-electron chi connectivity index (χ3n) is 6.71. The topological polar surface area (TPSA) is 120 Å². The monoisotopic (exact) mass is 400 g/mol. The maximum Gasteiger partial charge on any atom is 0.230 e. The molecule has 2 aromatic heterocycles. The molecule has 5 heterocycles. The summed E-state index contributed by atoms with van der Waals surface area (Å²) in [6.07, 6.45) is 7.08. The lowest BCUT2D eigenvalue weighted by atomic mass is 9.78. The molecule has 1 amide bonds. The average molecular weight is 400 g/mol. The zero-order valence-electron chi connectivity index (χ0n) is 16.7. The van der Waals surface area contributed by atoms with E-state index in [1.807, 2.05) is 11.2 Å². The molecule has 0 saturated carbocycles. The van der Waals surface area contributed by atoms with Gasteiger partial charge in [0.25, 0.3) is 0 Å². The number of tetrazole rings is 1. The Balaban J connectivity index is 1.33. The third kappa shape index (κ3) is 3.04. The fourth-order valence-corrected chi connectivity index (χ4v) is 5.26. The van der Waals surface area contributed by atoms with Crippen LogP contribution in [0.25, 0.3) is 0 Å². The average Bonchev–Trinajstić information content (AvgIpc) is 3.51. The van der Waals surface area contributed by atoms with Gasteiger partial charge < -0.3 is 9.88 Å². The van der Waals surface area contributed by atoms with Gasteiger partial charge in [-0.05, 0) is 36.2 Å². The van der Waals surface area contributed by atoms with Gasteiger partial charge in [-0.1, -0.05) is 6.92 Å². The molecule has 0 aliphatic carbocycles. The quantitative estimate of drug-likeness (QED) is 0.623. The van der Waals surface area contributed by atoms with Crippen LogP contribution in [0.4, 0.5) is 0 Å². The highest BCUT2D eigenvalue weighted by Gasteiger charge is 2.48. The Kier molecular flexibility index (Phi) is 4.80. The first-order valence-corrected chi connectivity index (χ1v) is 10.5. The fraction of sp³-hybridized carbons (Fsp3) is 0.722. The second-order valence-electron chi connectivity index (χ2n) is 8.19. The number of piperidine rings is 1. The Hall–Kier alpha value is -2.37. The van der Waals surface area contributed by atoms with Crippen LogP contribution in [0.1, 0.15) is 43.7 Å². The molecule has 11 nitrogen and oxygen atoms in total. The Morgan fingerprint density at radius 2 is 2.17 bits per heavy atom. The summed E-state index contributed by atoms with van der Waals surface area (Å²) in [5.41, 5.74) is 8.61. The number of hydrazine groups is 1. The number of H-pyrrole nitrogens is 1. The summed E-state index contributed by atoms with van der Waals surface area (Å²) in [5.74, 6) is -0.0791. The molecule has 3 aliphatic rings. The minimum absolute atomic E-state index is 0.0538. The van der Waals surface area contributed by atoms with Gasteiger partial charge in [-0.25, -0.2) is 15.1 Å². The molecule has 29 heavy (non-hydrogen) atoms. The Morgan fingerprint density at radius 1 is 1.31 bits per heavy atom. The van der Waals surface area contributed by atoms with Crippen molar-refractivity contribution in [3.63, 3.8) is 0 Å². The van der Waals surface area contributed by atoms with Crippen LogP contribution in [0.2, 0.25) is 0 Å². The van der Waals surface area contributed by atoms with Gasteiger partial charge in [0.2, 0.25) is 5.91 Å². The number of likely N-dealkylation sites (tertiary alicyclic amines) is 1. The van der Waals surface area contributed by atoms with Crippen molar-refractivity contribution in [2.75, 3.05) is 32.7 Å². The number of aromatic amines is 1. The zero-order chi connectivity index (χ0) is 19.8. The second-order valence-corrected chi connectivity index (χ2v) is 8.19. The second kappa shape index (κ2) is 7.47. The van der Waals surface area contributed by atoms with E-state index in [1.54, 1.807) is 11.0 Å². The minimum Gasteiger partial charge on any atom is -0.348 e. The number of hydrogen-bond acceptors (Lipinski definition) is 8. The van der Waals surface area contributed by atoms with Crippen molar-refractivity contribution >= 4 is 5.91 Å². The number of rotatable bonds is 4. The molecule has 5 rings (SSSR count). The van der Waals surface area contributed by atoms with E-state index in [1.165, 1.54) is 11.4 Å². The molecule has 0 bridgehead atoms. The van der Waals surface area contributed by atoms with Gasteiger partial charge in [-0.2, -0.15) is 0 Å². The van der Waals surface area contributed by atoms with Gasteiger partial charge in [0.05, 0.1) is 23.5 Å². The summed E-state index contributed by atoms with van der Waals surface area (Å²) in [4.78, 5) is 26.0. The van der Waals surface area contributed by atoms with Crippen molar-refractivity contribution in [3.05, 3.63) is 24.0 Å². The van der Waals surface area contributed by atoms with E-state index >= 15 is 0 Å². The highest BCUT2D eigenvalue weighted by Crippen LogP contribution is 2.42. The van der Waals surface area contributed by atoms with Gasteiger partial charge in [0.15, 0.2) is 0 Å². The highest BCUT2D eigenvalue weighted by atomic mass is 16.2. The first-order chi connectivity index (χ1) is 14.2. The van der Waals surface area contributed by atoms with Crippen LogP contribution in [0, 0.1) is 5.92 Å². The third-order valence-corrected chi connectivity index (χ3v) is 6.71. The van der Waals surface area contributed by atoms with E-state index in [2.05, 4.69) is 43.2 Å². The molecule has 2 fully saturated rings. The largest absolute Gasteiger partial charge is 0.348 e. The molecule has 2 atom stereocenters. The number of amides is 1. The Bertz CT molecular complexity index is 841. The molecule has 0 aromatic carbocycles. The van der Waals surface area contributed by atoms with Crippen LogP contribution in [0.3, 0.4) is 0 Å². The number of fused-ring (bicyclic) bond motifs is 2. The summed E-state index contributed by atoms with van der Waals surface area (Å²) in [5, 5.41) is 11.4. The molecule has 3 N–H and O–H groups in total. The molecule has 2 aromatic rings. The summed E-state index contributed by atoms with van der Waals surface area (Å²) in [7, 11) is 0. The summed E-state index contributed by atoms with van der Waals surface area (Å²) in [6, 6.07) is 0. The molecular formula is C18H28N10O. The Morgan fingerprint density at radius 3 is 2.93 bits per heavy atom. The maximum atomic E-state index is 13.3. The van der Waals surface area contributed by atoms with Crippen molar-refractivity contribution in [3.8, 4) is 0 Å². The van der Waals surface area contributed by atoms with Crippen molar-refractivity contribution in [2.24, 2.45) is 5.92 Å². The van der Waals surface area contributed by atoms with Crippen molar-refractivity contribution < 1.29 is 4.79 Å². The van der Waals surface area contributed by atoms with Crippen LogP contribution < -0.4 is 10.9 Å². The summed E-state index contributed by atoms with van der Waals surface area (Å²) < 4.78 is 1.61. The lowest BCUT2D eigenvalue weighted by Crippen LogP contribution is -2.58. The van der Waals surface area contributed by atoms with Crippen molar-refractivity contribution in [1.82, 2.24) is 50.8 Å². The predicted octanol–water partition coefficient (Wildman–Crippen LogP) is -0.595. The SMILES string of the molecule is CCCN1CCc2[nH]cnc2C12CCN(C(=O)C1CNNC1n1cnnn1)CC2. The molecule has 2 unspecified atom stereocenters. The molecule has 156 valence electrons. The minimum atomic E-state index is -0.266. The highest BCUT2D eigenvalue weighted by molar-refractivity contribution is 5.80. The van der Waals surface area contributed by atoms with Crippen LogP contribution in [-0.4, -0.2) is 78.6 Å². The number of nitrogens with zero attached hydrogens (tertiary/aromatic N) is 7. The zero-order valence-corrected chi connectivity index (χ0v) is 16.7. The molecule has 0 radical (unpaired) electrons. The molecule has 3 aliphatic heterocycles. The predicted molar refractivity (Wildman–Crippen MR) is 103 cm³/mol. The van der Waals surface area contributed by atoms with Crippen LogP contribution in [-0.2, 0) is 16.8 Å². The lowest BCUT2D eigenvalue weighted by molar-refractivity contribution is -0.139. The Labute approximate surface area is 169 Å². The number of nitrogens with one attached hydrogen (secondary N) is 3. The van der Waals surface area contributed by atoms with Crippen molar-refractivity contribution in [2.45, 2.75) is 44.3 Å². The van der Waals surface area contributed by atoms with Crippen molar-refractivity contribution in [1.29, 1.82) is 0 Å². The number of carbonyl (C=O) groups excluding carboxylic acids is 1. The molecule has 2 saturated heterocycles. The first kappa shape index (κ1) is 18.6. The van der Waals surface area contributed by atoms with E-state index in [4.69, 9.17) is 4.98 Å². The lowest BCUT2D eigenvalue weighted by Gasteiger charge is -2.51. The number of imidazole rings is 1. The normalized spacial score (nSPS) is 26.7.